The van der Waals surface area contributed by atoms with Crippen LogP contribution in [0.3, 0.4) is 0 Å². The van der Waals surface area contributed by atoms with Gasteiger partial charge in [0.2, 0.25) is 0 Å². The zero-order valence-electron chi connectivity index (χ0n) is 15.2. The summed E-state index contributed by atoms with van der Waals surface area (Å²) in [5.74, 6) is 3.57. The van der Waals surface area contributed by atoms with Crippen molar-refractivity contribution >= 4 is 5.78 Å². The number of hydrogen-bond donors (Lipinski definition) is 0. The molecule has 0 radical (unpaired) electrons. The summed E-state index contributed by atoms with van der Waals surface area (Å²) < 4.78 is 0. The first-order chi connectivity index (χ1) is 9.90. The molecule has 0 aromatic heterocycles. The van der Waals surface area contributed by atoms with Crippen LogP contribution in [0.2, 0.25) is 0 Å². The van der Waals surface area contributed by atoms with Gasteiger partial charge in [0.05, 0.1) is 0 Å². The predicted molar refractivity (Wildman–Crippen MR) is 92.4 cm³/mol. The molecule has 0 bridgehead atoms. The van der Waals surface area contributed by atoms with Gasteiger partial charge in [-0.15, -0.1) is 0 Å². The smallest absolute Gasteiger partial charge is 0.136 e. The van der Waals surface area contributed by atoms with Gasteiger partial charge in [-0.3, -0.25) is 4.79 Å². The monoisotopic (exact) mass is 294 g/mol. The molecule has 1 saturated carbocycles. The summed E-state index contributed by atoms with van der Waals surface area (Å²) in [5.41, 5.74) is 0. The lowest BCUT2D eigenvalue weighted by molar-refractivity contribution is -0.125. The van der Waals surface area contributed by atoms with Crippen LogP contribution in [0, 0.1) is 29.6 Å². The maximum absolute atomic E-state index is 12.6. The van der Waals surface area contributed by atoms with Crippen LogP contribution in [-0.4, -0.2) is 5.78 Å². The van der Waals surface area contributed by atoms with Crippen LogP contribution in [0.1, 0.15) is 92.4 Å². The lowest BCUT2D eigenvalue weighted by atomic mass is 9.80. The average Bonchev–Trinajstić information content (AvgIpc) is 2.37. The fourth-order valence-corrected chi connectivity index (χ4v) is 3.85. The highest BCUT2D eigenvalue weighted by atomic mass is 16.1. The van der Waals surface area contributed by atoms with E-state index in [0.717, 1.165) is 24.7 Å². The minimum Gasteiger partial charge on any atom is -0.299 e. The molecule has 0 spiro atoms. The van der Waals surface area contributed by atoms with E-state index in [1.807, 2.05) is 0 Å². The third-order valence-corrected chi connectivity index (χ3v) is 5.53. The van der Waals surface area contributed by atoms with Crippen molar-refractivity contribution in [1.82, 2.24) is 0 Å². The third-order valence-electron chi connectivity index (χ3n) is 5.53. The summed E-state index contributed by atoms with van der Waals surface area (Å²) in [6.45, 7) is 11.5. The Labute approximate surface area is 133 Å². The molecular formula is C20H38O. The second-order valence-electron chi connectivity index (χ2n) is 8.28. The van der Waals surface area contributed by atoms with Crippen molar-refractivity contribution in [2.45, 2.75) is 92.4 Å². The molecule has 0 aromatic rings. The Morgan fingerprint density at radius 1 is 0.762 bits per heavy atom. The van der Waals surface area contributed by atoms with Gasteiger partial charge in [0.15, 0.2) is 0 Å². The van der Waals surface area contributed by atoms with Gasteiger partial charge in [-0.05, 0) is 30.1 Å². The van der Waals surface area contributed by atoms with Crippen molar-refractivity contribution in [1.29, 1.82) is 0 Å². The molecular weight excluding hydrogens is 256 g/mol. The van der Waals surface area contributed by atoms with E-state index < -0.39 is 0 Å². The predicted octanol–water partition coefficient (Wildman–Crippen LogP) is 6.26. The Bertz CT molecular complexity index is 294. The van der Waals surface area contributed by atoms with E-state index in [0.29, 0.717) is 23.5 Å². The SMILES string of the molecule is CC1CCCC(C)CCC(C(C)C)C(=O)CC(C)CCC1. The Kier molecular flexibility index (Phi) is 8.59. The van der Waals surface area contributed by atoms with E-state index in [4.69, 9.17) is 0 Å². The Balaban J connectivity index is 2.64. The number of Topliss-reactive ketones (excluding diaryl/α,β-unsaturated/α-hetero) is 1. The van der Waals surface area contributed by atoms with Gasteiger partial charge >= 0.3 is 0 Å². The molecule has 0 heterocycles. The summed E-state index contributed by atoms with van der Waals surface area (Å²) in [5, 5.41) is 0. The summed E-state index contributed by atoms with van der Waals surface area (Å²) in [6.07, 6.45) is 11.2. The van der Waals surface area contributed by atoms with Crippen LogP contribution in [0.4, 0.5) is 0 Å². The first-order valence-corrected chi connectivity index (χ1v) is 9.42. The van der Waals surface area contributed by atoms with Gasteiger partial charge in [-0.1, -0.05) is 79.6 Å². The van der Waals surface area contributed by atoms with E-state index in [1.165, 1.54) is 44.9 Å². The van der Waals surface area contributed by atoms with E-state index in [2.05, 4.69) is 34.6 Å². The second kappa shape index (κ2) is 9.64. The molecule has 1 rings (SSSR count). The van der Waals surface area contributed by atoms with Gasteiger partial charge in [-0.25, -0.2) is 0 Å². The molecule has 21 heavy (non-hydrogen) atoms. The van der Waals surface area contributed by atoms with Crippen molar-refractivity contribution in [3.8, 4) is 0 Å². The van der Waals surface area contributed by atoms with Crippen molar-refractivity contribution in [3.63, 3.8) is 0 Å². The molecule has 1 nitrogen and oxygen atoms in total. The summed E-state index contributed by atoms with van der Waals surface area (Å²) >= 11 is 0. The van der Waals surface area contributed by atoms with Crippen LogP contribution in [0.5, 0.6) is 0 Å². The maximum atomic E-state index is 12.6. The highest BCUT2D eigenvalue weighted by Crippen LogP contribution is 2.28. The van der Waals surface area contributed by atoms with Gasteiger partial charge in [0, 0.05) is 12.3 Å². The molecule has 4 atom stereocenters. The maximum Gasteiger partial charge on any atom is 0.136 e. The normalized spacial score (nSPS) is 34.7. The number of carbonyl (C=O) groups excluding carboxylic acids is 1. The van der Waals surface area contributed by atoms with Gasteiger partial charge < -0.3 is 0 Å². The minimum atomic E-state index is 0.303. The van der Waals surface area contributed by atoms with Crippen LogP contribution in [0.25, 0.3) is 0 Å². The Hall–Kier alpha value is -0.330. The molecule has 1 fully saturated rings. The Morgan fingerprint density at radius 3 is 1.76 bits per heavy atom. The van der Waals surface area contributed by atoms with E-state index in [-0.39, 0.29) is 0 Å². The van der Waals surface area contributed by atoms with E-state index >= 15 is 0 Å². The molecule has 4 unspecified atom stereocenters. The zero-order chi connectivity index (χ0) is 15.8. The highest BCUT2D eigenvalue weighted by molar-refractivity contribution is 5.81. The number of ketones is 1. The molecule has 1 aliphatic carbocycles. The largest absolute Gasteiger partial charge is 0.299 e. The topological polar surface area (TPSA) is 17.1 Å². The molecule has 124 valence electrons. The fourth-order valence-electron chi connectivity index (χ4n) is 3.85. The standard InChI is InChI=1S/C20H38O/c1-15(2)19-13-12-17(4)10-6-8-16(3)9-7-11-18(5)14-20(19)21/h15-19H,6-14H2,1-5H3. The van der Waals surface area contributed by atoms with Crippen molar-refractivity contribution in [3.05, 3.63) is 0 Å². The van der Waals surface area contributed by atoms with Crippen molar-refractivity contribution in [2.24, 2.45) is 29.6 Å². The molecule has 0 amide bonds. The summed E-state index contributed by atoms with van der Waals surface area (Å²) in [6, 6.07) is 0. The second-order valence-corrected chi connectivity index (χ2v) is 8.28. The number of carbonyl (C=O) groups is 1. The van der Waals surface area contributed by atoms with Crippen LogP contribution in [-0.2, 0) is 4.79 Å². The van der Waals surface area contributed by atoms with Gasteiger partial charge in [-0.2, -0.15) is 0 Å². The molecule has 0 aliphatic heterocycles. The molecule has 0 saturated heterocycles. The lowest BCUT2D eigenvalue weighted by Crippen LogP contribution is -2.23. The first kappa shape index (κ1) is 18.7. The summed E-state index contributed by atoms with van der Waals surface area (Å²) in [4.78, 5) is 12.6. The van der Waals surface area contributed by atoms with E-state index in [1.54, 1.807) is 0 Å². The Morgan fingerprint density at radius 2 is 1.24 bits per heavy atom. The third kappa shape index (κ3) is 7.47. The van der Waals surface area contributed by atoms with Crippen LogP contribution < -0.4 is 0 Å². The van der Waals surface area contributed by atoms with Gasteiger partial charge in [0.1, 0.15) is 5.78 Å². The van der Waals surface area contributed by atoms with Crippen molar-refractivity contribution in [2.75, 3.05) is 0 Å². The van der Waals surface area contributed by atoms with E-state index in [9.17, 15) is 4.79 Å². The minimum absolute atomic E-state index is 0.303. The molecule has 1 heteroatoms. The molecule has 1 aliphatic rings. The van der Waals surface area contributed by atoms with Crippen LogP contribution >= 0.6 is 0 Å². The van der Waals surface area contributed by atoms with Crippen LogP contribution in [0.15, 0.2) is 0 Å². The average molecular weight is 295 g/mol. The number of rotatable bonds is 1. The van der Waals surface area contributed by atoms with Crippen molar-refractivity contribution < 1.29 is 4.79 Å². The molecule has 0 aromatic carbocycles. The summed E-state index contributed by atoms with van der Waals surface area (Å²) in [7, 11) is 0. The lowest BCUT2D eigenvalue weighted by Gasteiger charge is -2.24. The first-order valence-electron chi connectivity index (χ1n) is 9.42. The fraction of sp³-hybridized carbons (Fsp3) is 0.950. The highest BCUT2D eigenvalue weighted by Gasteiger charge is 2.24. The quantitative estimate of drug-likeness (QED) is 0.557. The number of hydrogen-bond acceptors (Lipinski definition) is 1. The van der Waals surface area contributed by atoms with Gasteiger partial charge in [0.25, 0.3) is 0 Å². The zero-order valence-corrected chi connectivity index (χ0v) is 15.2. The molecule has 0 N–H and O–H groups in total.